The minimum Gasteiger partial charge on any atom is -0.497 e. The minimum atomic E-state index is -0.306. The lowest BCUT2D eigenvalue weighted by molar-refractivity contribution is -0.116. The number of carbonyl (C=O) groups is 1. The van der Waals surface area contributed by atoms with Crippen molar-refractivity contribution >= 4 is 17.2 Å². The van der Waals surface area contributed by atoms with Gasteiger partial charge < -0.3 is 29.6 Å². The van der Waals surface area contributed by atoms with E-state index in [-0.39, 0.29) is 17.7 Å². The van der Waals surface area contributed by atoms with E-state index in [4.69, 9.17) is 18.9 Å². The number of para-hydroxylation sites is 2. The summed E-state index contributed by atoms with van der Waals surface area (Å²) in [6.07, 6.45) is 1.04. The Bertz CT molecular complexity index is 1310. The molecule has 1 heterocycles. The standard InChI is InChI=1S/C29H30N2O5/c1-33-20-9-7-8-17(12-20)28-27-23(30-21-10-5-6-11-22(21)31-28)13-18(14-24(27)32)19-15-25(34-2)29(36-4)26(16-19)35-3/h5-12,15-16,18,28,30-31H,13-14H2,1-4H3/t18-,28-/m1/s1. The molecule has 2 atom stereocenters. The molecule has 0 fully saturated rings. The number of anilines is 2. The summed E-state index contributed by atoms with van der Waals surface area (Å²) < 4.78 is 22.1. The average molecular weight is 487 g/mol. The van der Waals surface area contributed by atoms with E-state index in [1.165, 1.54) is 0 Å². The molecule has 1 aliphatic carbocycles. The Morgan fingerprint density at radius 1 is 0.750 bits per heavy atom. The summed E-state index contributed by atoms with van der Waals surface area (Å²) in [6, 6.07) is 19.5. The van der Waals surface area contributed by atoms with Gasteiger partial charge in [-0.05, 0) is 59.9 Å². The molecule has 3 aromatic carbocycles. The van der Waals surface area contributed by atoms with Crippen LogP contribution in [-0.4, -0.2) is 34.2 Å². The normalized spacial score (nSPS) is 18.7. The van der Waals surface area contributed by atoms with Crippen molar-refractivity contribution in [3.05, 3.63) is 83.1 Å². The number of allylic oxidation sites excluding steroid dienone is 1. The van der Waals surface area contributed by atoms with Gasteiger partial charge in [-0.15, -0.1) is 0 Å². The van der Waals surface area contributed by atoms with Gasteiger partial charge in [0, 0.05) is 17.7 Å². The van der Waals surface area contributed by atoms with Crippen molar-refractivity contribution in [1.29, 1.82) is 0 Å². The van der Waals surface area contributed by atoms with Crippen LogP contribution in [0.3, 0.4) is 0 Å². The third-order valence-corrected chi connectivity index (χ3v) is 6.89. The number of hydrogen-bond donors (Lipinski definition) is 2. The molecule has 0 bridgehead atoms. The van der Waals surface area contributed by atoms with E-state index in [1.807, 2.05) is 60.7 Å². The Morgan fingerprint density at radius 2 is 1.47 bits per heavy atom. The van der Waals surface area contributed by atoms with Crippen molar-refractivity contribution < 1.29 is 23.7 Å². The maximum Gasteiger partial charge on any atom is 0.203 e. The first kappa shape index (κ1) is 23.6. The van der Waals surface area contributed by atoms with E-state index >= 15 is 0 Å². The molecule has 2 aliphatic rings. The summed E-state index contributed by atoms with van der Waals surface area (Å²) in [5.74, 6) is 2.49. The first-order valence-electron chi connectivity index (χ1n) is 11.9. The molecule has 186 valence electrons. The van der Waals surface area contributed by atoms with Crippen molar-refractivity contribution in [2.45, 2.75) is 24.8 Å². The van der Waals surface area contributed by atoms with Gasteiger partial charge in [0.05, 0.1) is 45.9 Å². The SMILES string of the molecule is COc1cccc([C@H]2Nc3ccccc3NC3=C2C(=O)C[C@H](c2cc(OC)c(OC)c(OC)c2)C3)c1. The molecule has 3 aromatic rings. The van der Waals surface area contributed by atoms with Gasteiger partial charge in [0.25, 0.3) is 0 Å². The summed E-state index contributed by atoms with van der Waals surface area (Å²) in [7, 11) is 6.43. The lowest BCUT2D eigenvalue weighted by Crippen LogP contribution is -2.27. The number of methoxy groups -OCH3 is 4. The zero-order chi connectivity index (χ0) is 25.2. The van der Waals surface area contributed by atoms with Gasteiger partial charge in [-0.3, -0.25) is 4.79 Å². The van der Waals surface area contributed by atoms with Crippen molar-refractivity contribution in [3.63, 3.8) is 0 Å². The van der Waals surface area contributed by atoms with Crippen molar-refractivity contribution in [3.8, 4) is 23.0 Å². The summed E-state index contributed by atoms with van der Waals surface area (Å²) in [5, 5.41) is 7.19. The molecule has 5 rings (SSSR count). The highest BCUT2D eigenvalue weighted by atomic mass is 16.5. The molecule has 0 saturated heterocycles. The van der Waals surface area contributed by atoms with Crippen LogP contribution in [0.2, 0.25) is 0 Å². The minimum absolute atomic E-state index is 0.0475. The fraction of sp³-hybridized carbons (Fsp3) is 0.276. The fourth-order valence-electron chi connectivity index (χ4n) is 5.14. The third kappa shape index (κ3) is 4.21. The highest BCUT2D eigenvalue weighted by Crippen LogP contribution is 2.47. The molecule has 0 unspecified atom stereocenters. The number of hydrogen-bond acceptors (Lipinski definition) is 7. The predicted molar refractivity (Wildman–Crippen MR) is 140 cm³/mol. The molecule has 7 heteroatoms. The zero-order valence-corrected chi connectivity index (χ0v) is 20.9. The Labute approximate surface area is 211 Å². The predicted octanol–water partition coefficient (Wildman–Crippen LogP) is 5.70. The monoisotopic (exact) mass is 486 g/mol. The molecule has 1 aliphatic heterocycles. The second kappa shape index (κ2) is 9.85. The lowest BCUT2D eigenvalue weighted by Gasteiger charge is -2.30. The van der Waals surface area contributed by atoms with Crippen LogP contribution in [0, 0.1) is 0 Å². The summed E-state index contributed by atoms with van der Waals surface area (Å²) in [5.41, 5.74) is 5.48. The van der Waals surface area contributed by atoms with Crippen LogP contribution in [-0.2, 0) is 4.79 Å². The summed E-state index contributed by atoms with van der Waals surface area (Å²) in [4.78, 5) is 13.8. The first-order chi connectivity index (χ1) is 17.6. The number of fused-ring (bicyclic) bond motifs is 1. The van der Waals surface area contributed by atoms with Gasteiger partial charge in [0.2, 0.25) is 5.75 Å². The number of benzene rings is 3. The number of ether oxygens (including phenoxy) is 4. The molecule has 7 nitrogen and oxygen atoms in total. The van der Waals surface area contributed by atoms with E-state index in [0.29, 0.717) is 30.1 Å². The molecule has 0 aromatic heterocycles. The molecule has 2 N–H and O–H groups in total. The highest BCUT2D eigenvalue weighted by molar-refractivity contribution is 6.01. The second-order valence-electron chi connectivity index (χ2n) is 8.90. The number of carbonyl (C=O) groups excluding carboxylic acids is 1. The highest BCUT2D eigenvalue weighted by Gasteiger charge is 2.36. The fourth-order valence-corrected chi connectivity index (χ4v) is 5.14. The summed E-state index contributed by atoms with van der Waals surface area (Å²) >= 11 is 0. The van der Waals surface area contributed by atoms with Crippen LogP contribution in [0.4, 0.5) is 11.4 Å². The second-order valence-corrected chi connectivity index (χ2v) is 8.90. The number of ketones is 1. The van der Waals surface area contributed by atoms with Crippen LogP contribution in [0.5, 0.6) is 23.0 Å². The van der Waals surface area contributed by atoms with Gasteiger partial charge in [-0.2, -0.15) is 0 Å². The smallest absolute Gasteiger partial charge is 0.203 e. The van der Waals surface area contributed by atoms with Crippen LogP contribution in [0.25, 0.3) is 0 Å². The topological polar surface area (TPSA) is 78.1 Å². The Balaban J connectivity index is 1.60. The maximum absolute atomic E-state index is 13.8. The van der Waals surface area contributed by atoms with Gasteiger partial charge in [0.15, 0.2) is 17.3 Å². The third-order valence-electron chi connectivity index (χ3n) is 6.89. The van der Waals surface area contributed by atoms with Crippen LogP contribution in [0.1, 0.15) is 35.9 Å². The van der Waals surface area contributed by atoms with Crippen LogP contribution in [0.15, 0.2) is 71.9 Å². The molecule has 0 saturated carbocycles. The van der Waals surface area contributed by atoms with E-state index in [0.717, 1.165) is 39.5 Å². The number of Topliss-reactive ketones (excluding diaryl/α,β-unsaturated/α-hetero) is 1. The lowest BCUT2D eigenvalue weighted by atomic mass is 9.78. The number of nitrogens with one attached hydrogen (secondary N) is 2. The van der Waals surface area contributed by atoms with Crippen molar-refractivity contribution in [2.24, 2.45) is 0 Å². The molecule has 0 radical (unpaired) electrons. The molecular weight excluding hydrogens is 456 g/mol. The largest absolute Gasteiger partial charge is 0.497 e. The van der Waals surface area contributed by atoms with Crippen molar-refractivity contribution in [2.75, 3.05) is 39.1 Å². The molecule has 0 spiro atoms. The molecular formula is C29H30N2O5. The first-order valence-corrected chi connectivity index (χ1v) is 11.9. The van der Waals surface area contributed by atoms with Gasteiger partial charge >= 0.3 is 0 Å². The van der Waals surface area contributed by atoms with Crippen LogP contribution < -0.4 is 29.6 Å². The molecule has 36 heavy (non-hydrogen) atoms. The maximum atomic E-state index is 13.8. The average Bonchev–Trinajstić information content (AvgIpc) is 3.09. The Hall–Kier alpha value is -4.13. The molecule has 0 amide bonds. The zero-order valence-electron chi connectivity index (χ0n) is 20.9. The van der Waals surface area contributed by atoms with Crippen LogP contribution >= 0.6 is 0 Å². The van der Waals surface area contributed by atoms with E-state index in [9.17, 15) is 4.79 Å². The van der Waals surface area contributed by atoms with E-state index in [1.54, 1.807) is 28.4 Å². The van der Waals surface area contributed by atoms with Crippen molar-refractivity contribution in [1.82, 2.24) is 0 Å². The van der Waals surface area contributed by atoms with Gasteiger partial charge in [-0.1, -0.05) is 24.3 Å². The number of rotatable bonds is 6. The Morgan fingerprint density at radius 3 is 2.14 bits per heavy atom. The Kier molecular flexibility index (Phi) is 6.46. The summed E-state index contributed by atoms with van der Waals surface area (Å²) in [6.45, 7) is 0. The van der Waals surface area contributed by atoms with Gasteiger partial charge in [0.1, 0.15) is 5.75 Å². The van der Waals surface area contributed by atoms with E-state index in [2.05, 4.69) is 10.6 Å². The van der Waals surface area contributed by atoms with E-state index < -0.39 is 0 Å². The quantitative estimate of drug-likeness (QED) is 0.463. The van der Waals surface area contributed by atoms with Gasteiger partial charge in [-0.25, -0.2) is 0 Å².